The fourth-order valence-electron chi connectivity index (χ4n) is 2.14. The molecule has 2 aromatic carbocycles. The molecule has 7 heteroatoms. The van der Waals surface area contributed by atoms with Crippen molar-refractivity contribution < 1.29 is 9.53 Å². The molecule has 0 unspecified atom stereocenters. The SMILES string of the molecule is COc1ccc(Nc2ncc(C(=O)Nc3ccc(C#N)cc3)cn2)cc1. The average Bonchev–Trinajstić information content (AvgIpc) is 2.69. The topological polar surface area (TPSA) is 99.9 Å². The van der Waals surface area contributed by atoms with Gasteiger partial charge in [-0.2, -0.15) is 5.26 Å². The van der Waals surface area contributed by atoms with Crippen LogP contribution in [0.4, 0.5) is 17.3 Å². The number of hydrogen-bond donors (Lipinski definition) is 2. The first-order chi connectivity index (χ1) is 12.7. The molecule has 1 amide bonds. The molecule has 128 valence electrons. The zero-order chi connectivity index (χ0) is 18.4. The lowest BCUT2D eigenvalue weighted by atomic mass is 10.2. The van der Waals surface area contributed by atoms with Crippen LogP contribution in [-0.2, 0) is 0 Å². The summed E-state index contributed by atoms with van der Waals surface area (Å²) < 4.78 is 5.10. The zero-order valence-electron chi connectivity index (χ0n) is 13.9. The second kappa shape index (κ2) is 7.77. The second-order valence-corrected chi connectivity index (χ2v) is 5.29. The standard InChI is InChI=1S/C19H15N5O2/c1-26-17-8-6-16(7-9-17)24-19-21-11-14(12-22-19)18(25)23-15-4-2-13(10-20)3-5-15/h2-9,11-12H,1H3,(H,23,25)(H,21,22,24). The molecule has 1 aromatic heterocycles. The van der Waals surface area contributed by atoms with Crippen LogP contribution in [0.25, 0.3) is 0 Å². The van der Waals surface area contributed by atoms with Gasteiger partial charge in [-0.25, -0.2) is 9.97 Å². The molecular weight excluding hydrogens is 330 g/mol. The number of nitriles is 1. The molecular formula is C19H15N5O2. The Labute approximate surface area is 150 Å². The minimum atomic E-state index is -0.328. The van der Waals surface area contributed by atoms with Gasteiger partial charge in [-0.15, -0.1) is 0 Å². The van der Waals surface area contributed by atoms with E-state index < -0.39 is 0 Å². The maximum Gasteiger partial charge on any atom is 0.258 e. The first-order valence-electron chi connectivity index (χ1n) is 7.72. The van der Waals surface area contributed by atoms with Crippen LogP contribution >= 0.6 is 0 Å². The van der Waals surface area contributed by atoms with E-state index in [1.165, 1.54) is 12.4 Å². The summed E-state index contributed by atoms with van der Waals surface area (Å²) in [6.45, 7) is 0. The van der Waals surface area contributed by atoms with Crippen molar-refractivity contribution in [1.82, 2.24) is 9.97 Å². The summed E-state index contributed by atoms with van der Waals surface area (Å²) in [5.41, 5.74) is 2.25. The predicted octanol–water partition coefficient (Wildman–Crippen LogP) is 3.35. The molecule has 0 aliphatic carbocycles. The number of rotatable bonds is 5. The second-order valence-electron chi connectivity index (χ2n) is 5.29. The van der Waals surface area contributed by atoms with E-state index in [-0.39, 0.29) is 5.91 Å². The van der Waals surface area contributed by atoms with E-state index in [1.54, 1.807) is 31.4 Å². The molecule has 0 radical (unpaired) electrons. The lowest BCUT2D eigenvalue weighted by Crippen LogP contribution is -2.13. The Morgan fingerprint density at radius 2 is 1.62 bits per heavy atom. The van der Waals surface area contributed by atoms with E-state index in [0.717, 1.165) is 11.4 Å². The smallest absolute Gasteiger partial charge is 0.258 e. The van der Waals surface area contributed by atoms with Crippen molar-refractivity contribution in [2.45, 2.75) is 0 Å². The van der Waals surface area contributed by atoms with Crippen LogP contribution in [0.3, 0.4) is 0 Å². The third-order valence-electron chi connectivity index (χ3n) is 3.53. The summed E-state index contributed by atoms with van der Waals surface area (Å²) in [5, 5.41) is 14.6. The highest BCUT2D eigenvalue weighted by Gasteiger charge is 2.08. The number of hydrogen-bond acceptors (Lipinski definition) is 6. The van der Waals surface area contributed by atoms with Gasteiger partial charge in [0.25, 0.3) is 5.91 Å². The molecule has 0 aliphatic rings. The van der Waals surface area contributed by atoms with Gasteiger partial charge >= 0.3 is 0 Å². The number of aromatic nitrogens is 2. The van der Waals surface area contributed by atoms with Gasteiger partial charge in [-0.1, -0.05) is 0 Å². The number of methoxy groups -OCH3 is 1. The molecule has 26 heavy (non-hydrogen) atoms. The lowest BCUT2D eigenvalue weighted by molar-refractivity contribution is 0.102. The molecule has 0 saturated heterocycles. The van der Waals surface area contributed by atoms with E-state index in [9.17, 15) is 4.79 Å². The fourth-order valence-corrected chi connectivity index (χ4v) is 2.14. The lowest BCUT2D eigenvalue weighted by Gasteiger charge is -2.07. The van der Waals surface area contributed by atoms with Gasteiger partial charge in [0.1, 0.15) is 5.75 Å². The van der Waals surface area contributed by atoms with Crippen molar-refractivity contribution in [3.05, 3.63) is 72.1 Å². The van der Waals surface area contributed by atoms with Crippen molar-refractivity contribution in [1.29, 1.82) is 5.26 Å². The summed E-state index contributed by atoms with van der Waals surface area (Å²) in [4.78, 5) is 20.5. The van der Waals surface area contributed by atoms with Crippen LogP contribution in [0.15, 0.2) is 60.9 Å². The molecule has 0 fully saturated rings. The number of amides is 1. The van der Waals surface area contributed by atoms with Crippen LogP contribution < -0.4 is 15.4 Å². The van der Waals surface area contributed by atoms with Crippen LogP contribution in [0, 0.1) is 11.3 Å². The minimum absolute atomic E-state index is 0.328. The summed E-state index contributed by atoms with van der Waals surface area (Å²) in [5.74, 6) is 0.807. The fraction of sp³-hybridized carbons (Fsp3) is 0.0526. The number of benzene rings is 2. The van der Waals surface area contributed by atoms with Gasteiger partial charge < -0.3 is 15.4 Å². The Morgan fingerprint density at radius 1 is 1.00 bits per heavy atom. The van der Waals surface area contributed by atoms with Crippen molar-refractivity contribution >= 4 is 23.2 Å². The maximum atomic E-state index is 12.2. The number of carbonyl (C=O) groups excluding carboxylic acids is 1. The highest BCUT2D eigenvalue weighted by molar-refractivity contribution is 6.03. The summed E-state index contributed by atoms with van der Waals surface area (Å²) in [6, 6.07) is 15.9. The van der Waals surface area contributed by atoms with Gasteiger partial charge in [0.05, 0.1) is 24.3 Å². The molecule has 0 atom stereocenters. The molecule has 7 nitrogen and oxygen atoms in total. The van der Waals surface area contributed by atoms with Crippen molar-refractivity contribution in [3.63, 3.8) is 0 Å². The number of carbonyl (C=O) groups is 1. The highest BCUT2D eigenvalue weighted by atomic mass is 16.5. The van der Waals surface area contributed by atoms with E-state index in [2.05, 4.69) is 20.6 Å². The Hall–Kier alpha value is -3.92. The number of anilines is 3. The molecule has 3 rings (SSSR count). The van der Waals surface area contributed by atoms with Crippen molar-refractivity contribution in [2.75, 3.05) is 17.7 Å². The Morgan fingerprint density at radius 3 is 2.19 bits per heavy atom. The van der Waals surface area contributed by atoms with Crippen LogP contribution in [0.2, 0.25) is 0 Å². The van der Waals surface area contributed by atoms with E-state index in [1.807, 2.05) is 30.3 Å². The van der Waals surface area contributed by atoms with Gasteiger partial charge in [0.2, 0.25) is 5.95 Å². The van der Waals surface area contributed by atoms with Gasteiger partial charge in [0.15, 0.2) is 0 Å². The molecule has 0 aliphatic heterocycles. The van der Waals surface area contributed by atoms with Crippen LogP contribution in [-0.4, -0.2) is 23.0 Å². The van der Waals surface area contributed by atoms with Gasteiger partial charge in [-0.3, -0.25) is 4.79 Å². The largest absolute Gasteiger partial charge is 0.497 e. The first kappa shape index (κ1) is 16.9. The quantitative estimate of drug-likeness (QED) is 0.735. The van der Waals surface area contributed by atoms with E-state index in [4.69, 9.17) is 10.00 Å². The third kappa shape index (κ3) is 4.13. The molecule has 0 saturated carbocycles. The minimum Gasteiger partial charge on any atom is -0.497 e. The van der Waals surface area contributed by atoms with Crippen LogP contribution in [0.5, 0.6) is 5.75 Å². The predicted molar refractivity (Wildman–Crippen MR) is 97.4 cm³/mol. The molecule has 0 bridgehead atoms. The van der Waals surface area contributed by atoms with Crippen molar-refractivity contribution in [2.24, 2.45) is 0 Å². The first-order valence-corrected chi connectivity index (χ1v) is 7.72. The van der Waals surface area contributed by atoms with E-state index in [0.29, 0.717) is 22.8 Å². The van der Waals surface area contributed by atoms with Gasteiger partial charge in [0, 0.05) is 23.8 Å². The normalized spacial score (nSPS) is 9.85. The average molecular weight is 345 g/mol. The maximum absolute atomic E-state index is 12.2. The molecule has 3 aromatic rings. The number of nitrogens with zero attached hydrogens (tertiary/aromatic N) is 3. The number of nitrogens with one attached hydrogen (secondary N) is 2. The summed E-state index contributed by atoms with van der Waals surface area (Å²) in [6.07, 6.45) is 2.88. The van der Waals surface area contributed by atoms with Crippen molar-refractivity contribution in [3.8, 4) is 11.8 Å². The van der Waals surface area contributed by atoms with Crippen LogP contribution in [0.1, 0.15) is 15.9 Å². The third-order valence-corrected chi connectivity index (χ3v) is 3.53. The highest BCUT2D eigenvalue weighted by Crippen LogP contribution is 2.18. The molecule has 0 spiro atoms. The zero-order valence-corrected chi connectivity index (χ0v) is 13.9. The summed E-state index contributed by atoms with van der Waals surface area (Å²) >= 11 is 0. The van der Waals surface area contributed by atoms with E-state index >= 15 is 0 Å². The Balaban J connectivity index is 1.64. The monoisotopic (exact) mass is 345 g/mol. The Bertz CT molecular complexity index is 930. The Kier molecular flexibility index (Phi) is 5.05. The molecule has 2 N–H and O–H groups in total. The molecule has 1 heterocycles. The summed E-state index contributed by atoms with van der Waals surface area (Å²) in [7, 11) is 1.60. The van der Waals surface area contributed by atoms with Gasteiger partial charge in [-0.05, 0) is 48.5 Å². The number of ether oxygens (including phenoxy) is 1.